The zero-order chi connectivity index (χ0) is 12.7. The Balaban J connectivity index is 1.65. The van der Waals surface area contributed by atoms with Gasteiger partial charge in [0, 0.05) is 12.3 Å². The van der Waals surface area contributed by atoms with E-state index < -0.39 is 0 Å². The van der Waals surface area contributed by atoms with Crippen LogP contribution in [0.2, 0.25) is 0 Å². The van der Waals surface area contributed by atoms with Crippen LogP contribution >= 0.6 is 0 Å². The van der Waals surface area contributed by atoms with E-state index in [0.717, 1.165) is 5.92 Å². The number of fused-ring (bicyclic) bond motifs is 3. The van der Waals surface area contributed by atoms with Gasteiger partial charge in [0.05, 0.1) is 6.10 Å². The minimum absolute atomic E-state index is 0.248. The van der Waals surface area contributed by atoms with Crippen LogP contribution in [0.1, 0.15) is 56.1 Å². The zero-order valence-electron chi connectivity index (χ0n) is 11.7. The van der Waals surface area contributed by atoms with E-state index in [1.807, 2.05) is 0 Å². The second-order valence-corrected chi connectivity index (χ2v) is 7.55. The summed E-state index contributed by atoms with van der Waals surface area (Å²) in [7, 11) is 0. The summed E-state index contributed by atoms with van der Waals surface area (Å²) < 4.78 is 6.43. The third-order valence-corrected chi connectivity index (χ3v) is 6.80. The first-order valence-electron chi connectivity index (χ1n) is 8.00. The van der Waals surface area contributed by atoms with Gasteiger partial charge in [-0.05, 0) is 48.1 Å². The average Bonchev–Trinajstić information content (AvgIpc) is 2.98. The highest BCUT2D eigenvalue weighted by atomic mass is 16.6. The van der Waals surface area contributed by atoms with Crippen molar-refractivity contribution in [3.8, 4) is 0 Å². The molecule has 5 atom stereocenters. The Hall–Kier alpha value is -0.820. The van der Waals surface area contributed by atoms with Gasteiger partial charge < -0.3 is 4.74 Å². The first-order chi connectivity index (χ1) is 9.24. The van der Waals surface area contributed by atoms with Crippen LogP contribution in [0.15, 0.2) is 24.3 Å². The number of hydrogen-bond acceptors (Lipinski definition) is 1. The van der Waals surface area contributed by atoms with Crippen LogP contribution in [-0.2, 0) is 11.2 Å². The fourth-order valence-electron chi connectivity index (χ4n) is 5.93. The fourth-order valence-corrected chi connectivity index (χ4v) is 5.93. The molecule has 0 aromatic heterocycles. The predicted octanol–water partition coefficient (Wildman–Crippen LogP) is 4.06. The van der Waals surface area contributed by atoms with E-state index in [9.17, 15) is 0 Å². The van der Waals surface area contributed by atoms with E-state index in [-0.39, 0.29) is 5.60 Å². The van der Waals surface area contributed by atoms with Crippen LogP contribution in [0.5, 0.6) is 0 Å². The summed E-state index contributed by atoms with van der Waals surface area (Å²) in [5.41, 5.74) is 4.01. The zero-order valence-corrected chi connectivity index (χ0v) is 11.7. The molecule has 5 rings (SSSR count). The van der Waals surface area contributed by atoms with Gasteiger partial charge in [0.15, 0.2) is 0 Å². The van der Waals surface area contributed by atoms with Crippen molar-refractivity contribution >= 4 is 0 Å². The number of hydrogen-bond donors (Lipinski definition) is 0. The maximum Gasteiger partial charge on any atom is 0.105 e. The molecule has 0 bridgehead atoms. The Bertz CT molecular complexity index is 550. The van der Waals surface area contributed by atoms with E-state index in [1.54, 1.807) is 11.1 Å². The summed E-state index contributed by atoms with van der Waals surface area (Å²) in [4.78, 5) is 0. The molecule has 19 heavy (non-hydrogen) atoms. The number of epoxide rings is 1. The van der Waals surface area contributed by atoms with Gasteiger partial charge in [0.25, 0.3) is 0 Å². The van der Waals surface area contributed by atoms with Gasteiger partial charge in [-0.25, -0.2) is 0 Å². The SMILES string of the molecule is C[C@@]12CCC[C@H]1[C@@]13O[C@@H]1Cc1ccccc1[C@H]3CC2. The Morgan fingerprint density at radius 1 is 1.16 bits per heavy atom. The van der Waals surface area contributed by atoms with Gasteiger partial charge in [-0.2, -0.15) is 0 Å². The van der Waals surface area contributed by atoms with E-state index >= 15 is 0 Å². The predicted molar refractivity (Wildman–Crippen MR) is 75.2 cm³/mol. The molecule has 100 valence electrons. The molecule has 0 unspecified atom stereocenters. The van der Waals surface area contributed by atoms with Crippen molar-refractivity contribution in [3.05, 3.63) is 35.4 Å². The van der Waals surface area contributed by atoms with Crippen molar-refractivity contribution in [2.45, 2.75) is 63.1 Å². The van der Waals surface area contributed by atoms with Crippen LogP contribution in [0, 0.1) is 11.3 Å². The molecule has 1 spiro atoms. The summed E-state index contributed by atoms with van der Waals surface area (Å²) in [6.07, 6.45) is 8.73. The maximum absolute atomic E-state index is 6.43. The van der Waals surface area contributed by atoms with Gasteiger partial charge in [0.2, 0.25) is 0 Å². The van der Waals surface area contributed by atoms with Crippen LogP contribution in [0.4, 0.5) is 0 Å². The van der Waals surface area contributed by atoms with Crippen molar-refractivity contribution in [1.82, 2.24) is 0 Å². The molecule has 1 aromatic carbocycles. The van der Waals surface area contributed by atoms with E-state index in [1.165, 1.54) is 38.5 Å². The lowest BCUT2D eigenvalue weighted by atomic mass is 9.55. The van der Waals surface area contributed by atoms with Gasteiger partial charge in [-0.15, -0.1) is 0 Å². The van der Waals surface area contributed by atoms with Crippen molar-refractivity contribution in [1.29, 1.82) is 0 Å². The van der Waals surface area contributed by atoms with Crippen molar-refractivity contribution in [3.63, 3.8) is 0 Å². The van der Waals surface area contributed by atoms with Crippen LogP contribution in [0.25, 0.3) is 0 Å². The van der Waals surface area contributed by atoms with Crippen molar-refractivity contribution in [2.24, 2.45) is 11.3 Å². The van der Waals surface area contributed by atoms with Crippen molar-refractivity contribution in [2.75, 3.05) is 0 Å². The Morgan fingerprint density at radius 3 is 3.00 bits per heavy atom. The summed E-state index contributed by atoms with van der Waals surface area (Å²) in [6, 6.07) is 9.11. The monoisotopic (exact) mass is 254 g/mol. The Labute approximate surface area is 115 Å². The molecule has 4 aliphatic rings. The first-order valence-corrected chi connectivity index (χ1v) is 8.00. The third kappa shape index (κ3) is 1.17. The maximum atomic E-state index is 6.43. The number of ether oxygens (including phenoxy) is 1. The van der Waals surface area contributed by atoms with Gasteiger partial charge in [0.1, 0.15) is 5.60 Å². The van der Waals surface area contributed by atoms with E-state index in [4.69, 9.17) is 4.74 Å². The first kappa shape index (κ1) is 10.9. The largest absolute Gasteiger partial charge is 0.365 e. The van der Waals surface area contributed by atoms with Crippen LogP contribution in [0.3, 0.4) is 0 Å². The molecule has 0 radical (unpaired) electrons. The van der Waals surface area contributed by atoms with Gasteiger partial charge in [-0.3, -0.25) is 0 Å². The topological polar surface area (TPSA) is 12.5 Å². The molecule has 1 nitrogen and oxygen atoms in total. The molecule has 0 N–H and O–H groups in total. The van der Waals surface area contributed by atoms with E-state index in [2.05, 4.69) is 31.2 Å². The summed E-state index contributed by atoms with van der Waals surface area (Å²) >= 11 is 0. The summed E-state index contributed by atoms with van der Waals surface area (Å²) in [6.45, 7) is 2.54. The average molecular weight is 254 g/mol. The van der Waals surface area contributed by atoms with E-state index in [0.29, 0.717) is 17.4 Å². The molecule has 1 heterocycles. The molecule has 0 amide bonds. The molecule has 1 heteroatoms. The lowest BCUT2D eigenvalue weighted by molar-refractivity contribution is 0.0375. The lowest BCUT2D eigenvalue weighted by Crippen LogP contribution is -2.47. The molecule has 3 aliphatic carbocycles. The second kappa shape index (κ2) is 3.25. The smallest absolute Gasteiger partial charge is 0.105 e. The Kier molecular flexibility index (Phi) is 1.87. The molecular weight excluding hydrogens is 232 g/mol. The highest BCUT2D eigenvalue weighted by Crippen LogP contribution is 2.70. The minimum Gasteiger partial charge on any atom is -0.365 e. The molecule has 1 aliphatic heterocycles. The molecule has 1 aromatic rings. The van der Waals surface area contributed by atoms with Crippen molar-refractivity contribution < 1.29 is 4.74 Å². The lowest BCUT2D eigenvalue weighted by Gasteiger charge is -2.47. The summed E-state index contributed by atoms with van der Waals surface area (Å²) in [5.74, 6) is 1.52. The second-order valence-electron chi connectivity index (χ2n) is 7.55. The van der Waals surface area contributed by atoms with Gasteiger partial charge in [-0.1, -0.05) is 37.6 Å². The quantitative estimate of drug-likeness (QED) is 0.636. The number of rotatable bonds is 0. The standard InChI is InChI=1S/C18H22O/c1-17-9-4-7-15(17)18-14(8-10-17)13-6-3-2-5-12(13)11-16(18)19-18/h2-3,5-6,14-16H,4,7-11H2,1H3/t14-,15-,16-,17+,18-/m1/s1. The van der Waals surface area contributed by atoms with Gasteiger partial charge >= 0.3 is 0 Å². The fraction of sp³-hybridized carbons (Fsp3) is 0.667. The molecule has 3 fully saturated rings. The highest BCUT2D eigenvalue weighted by molar-refractivity contribution is 5.43. The number of benzene rings is 1. The third-order valence-electron chi connectivity index (χ3n) is 6.80. The highest BCUT2D eigenvalue weighted by Gasteiger charge is 2.72. The minimum atomic E-state index is 0.248. The molecule has 2 saturated carbocycles. The Morgan fingerprint density at radius 2 is 2.05 bits per heavy atom. The summed E-state index contributed by atoms with van der Waals surface area (Å²) in [5, 5.41) is 0. The molecule has 1 saturated heterocycles. The van der Waals surface area contributed by atoms with Crippen LogP contribution in [-0.4, -0.2) is 11.7 Å². The normalized spacial score (nSPS) is 49.8. The molecular formula is C18H22O. The van der Waals surface area contributed by atoms with Crippen LogP contribution < -0.4 is 0 Å².